The van der Waals surface area contributed by atoms with Crippen molar-refractivity contribution in [1.29, 1.82) is 0 Å². The first-order valence-electron chi connectivity index (χ1n) is 7.47. The van der Waals surface area contributed by atoms with Crippen LogP contribution in [0.25, 0.3) is 0 Å². The summed E-state index contributed by atoms with van der Waals surface area (Å²) in [5, 5.41) is 16.3. The fourth-order valence-corrected chi connectivity index (χ4v) is 3.08. The van der Waals surface area contributed by atoms with Gasteiger partial charge in [-0.2, -0.15) is 5.10 Å². The number of hydrogen-bond donors (Lipinski definition) is 2. The molecule has 1 aliphatic heterocycles. The number of anilines is 1. The number of aromatic nitrogens is 2. The van der Waals surface area contributed by atoms with Crippen LogP contribution in [-0.4, -0.2) is 52.1 Å². The van der Waals surface area contributed by atoms with Gasteiger partial charge in [0.1, 0.15) is 4.47 Å². The number of halogens is 1. The molecule has 1 unspecified atom stereocenters. The molecule has 0 radical (unpaired) electrons. The van der Waals surface area contributed by atoms with Gasteiger partial charge in [0, 0.05) is 12.6 Å². The molecule has 6 nitrogen and oxygen atoms in total. The van der Waals surface area contributed by atoms with Crippen LogP contribution >= 0.6 is 15.9 Å². The third kappa shape index (κ3) is 4.52. The lowest BCUT2D eigenvalue weighted by Gasteiger charge is -2.29. The van der Waals surface area contributed by atoms with Gasteiger partial charge >= 0.3 is 0 Å². The third-order valence-electron chi connectivity index (χ3n) is 3.68. The molecule has 1 aromatic rings. The molecule has 0 saturated carbocycles. The predicted molar refractivity (Wildman–Crippen MR) is 86.7 cm³/mol. The normalized spacial score (nSPS) is 17.7. The third-order valence-corrected chi connectivity index (χ3v) is 4.45. The largest absolute Gasteiger partial charge is 0.394 e. The Labute approximate surface area is 133 Å². The summed E-state index contributed by atoms with van der Waals surface area (Å²) in [6, 6.07) is 0.245. The van der Waals surface area contributed by atoms with E-state index in [1.165, 1.54) is 23.9 Å². The minimum absolute atomic E-state index is 0.0997. The monoisotopic (exact) mass is 358 g/mol. The molecule has 1 saturated heterocycles. The Hall–Kier alpha value is -0.920. The molecule has 0 bridgehead atoms. The lowest BCUT2D eigenvalue weighted by molar-refractivity contribution is 0.223. The Morgan fingerprint density at radius 3 is 2.81 bits per heavy atom. The van der Waals surface area contributed by atoms with Crippen LogP contribution in [0.1, 0.15) is 26.2 Å². The van der Waals surface area contributed by atoms with E-state index in [9.17, 15) is 4.79 Å². The molecule has 2 N–H and O–H groups in total. The summed E-state index contributed by atoms with van der Waals surface area (Å²) in [5.74, 6) is 0. The number of piperidine rings is 1. The van der Waals surface area contributed by atoms with E-state index in [-0.39, 0.29) is 24.8 Å². The summed E-state index contributed by atoms with van der Waals surface area (Å²) in [6.07, 6.45) is 5.51. The maximum Gasteiger partial charge on any atom is 0.283 e. The molecule has 0 aromatic carbocycles. The molecule has 7 heteroatoms. The number of rotatable bonds is 6. The van der Waals surface area contributed by atoms with Gasteiger partial charge in [-0.25, -0.2) is 4.68 Å². The van der Waals surface area contributed by atoms with E-state index in [2.05, 4.69) is 38.2 Å². The number of nitrogens with zero attached hydrogens (tertiary/aromatic N) is 3. The van der Waals surface area contributed by atoms with Crippen molar-refractivity contribution in [2.45, 2.75) is 38.8 Å². The summed E-state index contributed by atoms with van der Waals surface area (Å²) in [4.78, 5) is 14.5. The number of aliphatic hydroxyl groups excluding tert-OH is 1. The van der Waals surface area contributed by atoms with Crippen molar-refractivity contribution in [3.8, 4) is 0 Å². The second-order valence-corrected chi connectivity index (χ2v) is 6.32. The average Bonchev–Trinajstić information content (AvgIpc) is 2.48. The van der Waals surface area contributed by atoms with Crippen LogP contribution in [-0.2, 0) is 6.54 Å². The summed E-state index contributed by atoms with van der Waals surface area (Å²) in [6.45, 7) is 5.50. The molecule has 2 heterocycles. The number of nitrogens with one attached hydrogen (secondary N) is 1. The minimum Gasteiger partial charge on any atom is -0.394 e. The maximum absolute atomic E-state index is 12.0. The van der Waals surface area contributed by atoms with Crippen LogP contribution in [0.2, 0.25) is 0 Å². The Kier molecular flexibility index (Phi) is 6.20. The zero-order valence-corrected chi connectivity index (χ0v) is 14.0. The molecule has 21 heavy (non-hydrogen) atoms. The number of aliphatic hydroxyl groups is 1. The molecular weight excluding hydrogens is 336 g/mol. The highest BCUT2D eigenvalue weighted by molar-refractivity contribution is 9.10. The Morgan fingerprint density at radius 2 is 2.14 bits per heavy atom. The van der Waals surface area contributed by atoms with Crippen molar-refractivity contribution in [2.75, 3.05) is 31.6 Å². The van der Waals surface area contributed by atoms with Crippen molar-refractivity contribution in [1.82, 2.24) is 14.7 Å². The molecule has 0 spiro atoms. The van der Waals surface area contributed by atoms with E-state index in [0.29, 0.717) is 10.2 Å². The van der Waals surface area contributed by atoms with Gasteiger partial charge in [0.05, 0.1) is 25.0 Å². The van der Waals surface area contributed by atoms with Gasteiger partial charge in [-0.3, -0.25) is 4.79 Å². The second kappa shape index (κ2) is 7.91. The SMILES string of the molecule is CC(CN1CCCCC1)Nc1cnn(CCO)c(=O)c1Br. The van der Waals surface area contributed by atoms with E-state index >= 15 is 0 Å². The molecule has 118 valence electrons. The van der Waals surface area contributed by atoms with Gasteiger partial charge in [0.15, 0.2) is 0 Å². The summed E-state index contributed by atoms with van der Waals surface area (Å²) in [5.41, 5.74) is 0.484. The highest BCUT2D eigenvalue weighted by atomic mass is 79.9. The maximum atomic E-state index is 12.0. The molecule has 1 aromatic heterocycles. The van der Waals surface area contributed by atoms with Crippen molar-refractivity contribution >= 4 is 21.6 Å². The van der Waals surface area contributed by atoms with Gasteiger partial charge in [0.25, 0.3) is 5.56 Å². The first-order valence-corrected chi connectivity index (χ1v) is 8.26. The fourth-order valence-electron chi connectivity index (χ4n) is 2.66. The van der Waals surface area contributed by atoms with E-state index in [1.54, 1.807) is 6.20 Å². The smallest absolute Gasteiger partial charge is 0.283 e. The van der Waals surface area contributed by atoms with Crippen LogP contribution in [0.15, 0.2) is 15.5 Å². The molecule has 1 aliphatic rings. The van der Waals surface area contributed by atoms with Crippen LogP contribution in [0, 0.1) is 0 Å². The number of likely N-dealkylation sites (tertiary alicyclic amines) is 1. The standard InChI is InChI=1S/C14H23BrN4O2/c1-11(10-18-5-3-2-4-6-18)17-12-9-16-19(7-8-20)14(21)13(12)15/h9,11,17,20H,2-8,10H2,1H3. The molecular formula is C14H23BrN4O2. The van der Waals surface area contributed by atoms with Crippen LogP contribution in [0.3, 0.4) is 0 Å². The molecule has 1 fully saturated rings. The molecule has 1 atom stereocenters. The zero-order chi connectivity index (χ0) is 15.2. The van der Waals surface area contributed by atoms with Crippen LogP contribution < -0.4 is 10.9 Å². The minimum atomic E-state index is -0.223. The van der Waals surface area contributed by atoms with E-state index in [1.807, 2.05) is 0 Å². The Bertz CT molecular complexity index is 514. The molecule has 2 rings (SSSR count). The Morgan fingerprint density at radius 1 is 1.43 bits per heavy atom. The number of hydrogen-bond acceptors (Lipinski definition) is 5. The van der Waals surface area contributed by atoms with Crippen molar-refractivity contribution in [2.24, 2.45) is 0 Å². The van der Waals surface area contributed by atoms with Gasteiger partial charge in [-0.1, -0.05) is 6.42 Å². The lowest BCUT2D eigenvalue weighted by Crippen LogP contribution is -2.38. The average molecular weight is 359 g/mol. The van der Waals surface area contributed by atoms with Crippen molar-refractivity contribution < 1.29 is 5.11 Å². The highest BCUT2D eigenvalue weighted by Crippen LogP contribution is 2.18. The van der Waals surface area contributed by atoms with Gasteiger partial charge in [-0.15, -0.1) is 0 Å². The summed E-state index contributed by atoms with van der Waals surface area (Å²) >= 11 is 3.32. The second-order valence-electron chi connectivity index (χ2n) is 5.53. The van der Waals surface area contributed by atoms with E-state index < -0.39 is 0 Å². The van der Waals surface area contributed by atoms with Gasteiger partial charge in [-0.05, 0) is 48.8 Å². The lowest BCUT2D eigenvalue weighted by atomic mass is 10.1. The van der Waals surface area contributed by atoms with Crippen molar-refractivity contribution in [3.63, 3.8) is 0 Å². The summed E-state index contributed by atoms with van der Waals surface area (Å²) in [7, 11) is 0. The van der Waals surface area contributed by atoms with E-state index in [0.717, 1.165) is 19.6 Å². The van der Waals surface area contributed by atoms with Crippen LogP contribution in [0.5, 0.6) is 0 Å². The quantitative estimate of drug-likeness (QED) is 0.801. The van der Waals surface area contributed by atoms with Crippen molar-refractivity contribution in [3.05, 3.63) is 21.0 Å². The topological polar surface area (TPSA) is 70.4 Å². The first-order chi connectivity index (χ1) is 10.1. The van der Waals surface area contributed by atoms with Crippen LogP contribution in [0.4, 0.5) is 5.69 Å². The fraction of sp³-hybridized carbons (Fsp3) is 0.714. The van der Waals surface area contributed by atoms with Gasteiger partial charge in [0.2, 0.25) is 0 Å². The highest BCUT2D eigenvalue weighted by Gasteiger charge is 2.15. The molecule has 0 amide bonds. The van der Waals surface area contributed by atoms with E-state index in [4.69, 9.17) is 5.11 Å². The summed E-state index contributed by atoms with van der Waals surface area (Å²) < 4.78 is 1.72. The predicted octanol–water partition coefficient (Wildman–Crippen LogP) is 1.28. The zero-order valence-electron chi connectivity index (χ0n) is 12.4. The Balaban J connectivity index is 1.98. The molecule has 0 aliphatic carbocycles. The first kappa shape index (κ1) is 16.5. The van der Waals surface area contributed by atoms with Gasteiger partial charge < -0.3 is 15.3 Å².